The summed E-state index contributed by atoms with van der Waals surface area (Å²) in [7, 11) is 0. The molecule has 0 aliphatic rings. The van der Waals surface area contributed by atoms with Gasteiger partial charge in [-0.15, -0.1) is 10.2 Å². The predicted molar refractivity (Wildman–Crippen MR) is 88.2 cm³/mol. The lowest BCUT2D eigenvalue weighted by Crippen LogP contribution is -2.17. The van der Waals surface area contributed by atoms with Crippen molar-refractivity contribution < 1.29 is 4.79 Å². The minimum absolute atomic E-state index is 0.00294. The number of hydrogen-bond acceptors (Lipinski definition) is 5. The standard InChI is InChI=1S/C12H9Cl3N4O2S/c1-5-11(21)17-12(19-18-5)22-4-9(20)16-10-7(14)2-6(13)3-8(10)15/h2-3H,4H2,1H3,(H,16,20)(H,17,19,21). The summed E-state index contributed by atoms with van der Waals surface area (Å²) in [5, 5.41) is 11.1. The fraction of sp³-hybridized carbons (Fsp3) is 0.167. The highest BCUT2D eigenvalue weighted by atomic mass is 35.5. The maximum Gasteiger partial charge on any atom is 0.273 e. The highest BCUT2D eigenvalue weighted by Gasteiger charge is 2.12. The number of benzene rings is 1. The number of hydrogen-bond donors (Lipinski definition) is 2. The average Bonchev–Trinajstić information content (AvgIpc) is 2.44. The molecule has 1 aromatic carbocycles. The van der Waals surface area contributed by atoms with E-state index in [9.17, 15) is 9.59 Å². The van der Waals surface area contributed by atoms with Crippen molar-refractivity contribution in [1.29, 1.82) is 0 Å². The lowest BCUT2D eigenvalue weighted by Gasteiger charge is -2.09. The van der Waals surface area contributed by atoms with Crippen LogP contribution < -0.4 is 10.9 Å². The minimum Gasteiger partial charge on any atom is -0.323 e. The summed E-state index contributed by atoms with van der Waals surface area (Å²) in [4.78, 5) is 25.8. The number of aromatic amines is 1. The molecule has 0 fully saturated rings. The van der Waals surface area contributed by atoms with Gasteiger partial charge in [0.2, 0.25) is 5.91 Å². The van der Waals surface area contributed by atoms with Crippen LogP contribution in [0.25, 0.3) is 0 Å². The summed E-state index contributed by atoms with van der Waals surface area (Å²) >= 11 is 18.8. The number of rotatable bonds is 4. The second-order valence-corrected chi connectivity index (χ2v) is 6.34. The Balaban J connectivity index is 2.02. The number of H-pyrrole nitrogens is 1. The second kappa shape index (κ2) is 7.32. The molecule has 2 rings (SSSR count). The van der Waals surface area contributed by atoms with E-state index in [1.165, 1.54) is 19.1 Å². The first-order valence-corrected chi connectivity index (χ1v) is 7.99. The van der Waals surface area contributed by atoms with Crippen LogP contribution in [0.5, 0.6) is 0 Å². The number of carbonyl (C=O) groups excluding carboxylic acids is 1. The van der Waals surface area contributed by atoms with E-state index in [-0.39, 0.29) is 43.8 Å². The van der Waals surface area contributed by atoms with Crippen LogP contribution in [0.3, 0.4) is 0 Å². The fourth-order valence-corrected chi connectivity index (χ4v) is 2.93. The molecule has 6 nitrogen and oxygen atoms in total. The van der Waals surface area contributed by atoms with Crippen molar-refractivity contribution in [3.8, 4) is 0 Å². The lowest BCUT2D eigenvalue weighted by molar-refractivity contribution is -0.113. The SMILES string of the molecule is Cc1nnc(SCC(=O)Nc2c(Cl)cc(Cl)cc2Cl)[nH]c1=O. The van der Waals surface area contributed by atoms with Crippen molar-refractivity contribution in [2.24, 2.45) is 0 Å². The molecule has 2 aromatic rings. The first kappa shape index (κ1) is 17.1. The molecule has 1 amide bonds. The van der Waals surface area contributed by atoms with E-state index in [0.717, 1.165) is 11.8 Å². The zero-order valence-corrected chi connectivity index (χ0v) is 14.2. The largest absolute Gasteiger partial charge is 0.323 e. The molecule has 1 heterocycles. The Morgan fingerprint density at radius 3 is 2.50 bits per heavy atom. The van der Waals surface area contributed by atoms with Gasteiger partial charge in [-0.3, -0.25) is 14.6 Å². The van der Waals surface area contributed by atoms with E-state index >= 15 is 0 Å². The molecule has 10 heteroatoms. The van der Waals surface area contributed by atoms with Gasteiger partial charge in [0, 0.05) is 5.02 Å². The van der Waals surface area contributed by atoms with Gasteiger partial charge in [-0.1, -0.05) is 46.6 Å². The van der Waals surface area contributed by atoms with Crippen molar-refractivity contribution in [1.82, 2.24) is 15.2 Å². The number of halogens is 3. The molecule has 2 N–H and O–H groups in total. The number of carbonyl (C=O) groups is 1. The van der Waals surface area contributed by atoms with Gasteiger partial charge in [0.05, 0.1) is 21.5 Å². The number of nitrogens with zero attached hydrogens (tertiary/aromatic N) is 2. The van der Waals surface area contributed by atoms with Crippen molar-refractivity contribution in [2.45, 2.75) is 12.1 Å². The van der Waals surface area contributed by atoms with Gasteiger partial charge >= 0.3 is 0 Å². The Hall–Kier alpha value is -1.28. The molecule has 0 radical (unpaired) electrons. The first-order chi connectivity index (χ1) is 10.4. The van der Waals surface area contributed by atoms with Gasteiger partial charge in [0.15, 0.2) is 5.16 Å². The third-order valence-electron chi connectivity index (χ3n) is 2.45. The Kier molecular flexibility index (Phi) is 5.69. The van der Waals surface area contributed by atoms with Crippen LogP contribution >= 0.6 is 46.6 Å². The van der Waals surface area contributed by atoms with Gasteiger partial charge < -0.3 is 5.32 Å². The summed E-state index contributed by atoms with van der Waals surface area (Å²) in [5.41, 5.74) is 0.192. The molecular formula is C12H9Cl3N4O2S. The Morgan fingerprint density at radius 2 is 1.91 bits per heavy atom. The molecule has 0 atom stereocenters. The number of aryl methyl sites for hydroxylation is 1. The van der Waals surface area contributed by atoms with Crippen LogP contribution in [0.2, 0.25) is 15.1 Å². The van der Waals surface area contributed by atoms with Crippen LogP contribution in [-0.4, -0.2) is 26.8 Å². The average molecular weight is 380 g/mol. The number of anilines is 1. The number of thioether (sulfide) groups is 1. The second-order valence-electron chi connectivity index (χ2n) is 4.13. The van der Waals surface area contributed by atoms with Gasteiger partial charge in [-0.25, -0.2) is 0 Å². The smallest absolute Gasteiger partial charge is 0.273 e. The van der Waals surface area contributed by atoms with E-state index < -0.39 is 0 Å². The lowest BCUT2D eigenvalue weighted by atomic mass is 10.3. The first-order valence-electron chi connectivity index (χ1n) is 5.87. The topological polar surface area (TPSA) is 87.7 Å². The number of amides is 1. The molecule has 0 aliphatic carbocycles. The van der Waals surface area contributed by atoms with Crippen molar-refractivity contribution in [3.63, 3.8) is 0 Å². The fourth-order valence-electron chi connectivity index (χ4n) is 1.41. The quantitative estimate of drug-likeness (QED) is 0.797. The summed E-state index contributed by atoms with van der Waals surface area (Å²) in [6.45, 7) is 1.54. The molecule has 0 aliphatic heterocycles. The Bertz CT molecular complexity index is 758. The molecule has 116 valence electrons. The Labute approximate surface area is 144 Å². The summed E-state index contributed by atoms with van der Waals surface area (Å²) < 4.78 is 0. The molecule has 0 bridgehead atoms. The van der Waals surface area contributed by atoms with Crippen LogP contribution in [0.15, 0.2) is 22.1 Å². The molecular weight excluding hydrogens is 371 g/mol. The van der Waals surface area contributed by atoms with E-state index in [1.54, 1.807) is 0 Å². The van der Waals surface area contributed by atoms with E-state index in [2.05, 4.69) is 20.5 Å². The third kappa shape index (κ3) is 4.36. The molecule has 22 heavy (non-hydrogen) atoms. The van der Waals surface area contributed by atoms with Gasteiger partial charge in [0.1, 0.15) is 5.69 Å². The van der Waals surface area contributed by atoms with Crippen molar-refractivity contribution in [3.05, 3.63) is 43.2 Å². The maximum atomic E-state index is 11.9. The van der Waals surface area contributed by atoms with Crippen LogP contribution in [0, 0.1) is 6.92 Å². The zero-order valence-electron chi connectivity index (χ0n) is 11.1. The molecule has 0 spiro atoms. The predicted octanol–water partition coefficient (Wildman–Crippen LogP) is 3.16. The van der Waals surface area contributed by atoms with Crippen LogP contribution in [-0.2, 0) is 4.79 Å². The van der Waals surface area contributed by atoms with Crippen LogP contribution in [0.4, 0.5) is 5.69 Å². The molecule has 0 saturated heterocycles. The summed E-state index contributed by atoms with van der Waals surface area (Å²) in [6, 6.07) is 2.95. The van der Waals surface area contributed by atoms with Crippen molar-refractivity contribution in [2.75, 3.05) is 11.1 Å². The van der Waals surface area contributed by atoms with E-state index in [1.807, 2.05) is 0 Å². The monoisotopic (exact) mass is 378 g/mol. The molecule has 0 unspecified atom stereocenters. The number of aromatic nitrogens is 3. The van der Waals surface area contributed by atoms with Crippen molar-refractivity contribution >= 4 is 58.2 Å². The normalized spacial score (nSPS) is 10.5. The molecule has 1 aromatic heterocycles. The summed E-state index contributed by atoms with van der Waals surface area (Å²) in [5.74, 6) is -0.359. The molecule has 0 saturated carbocycles. The van der Waals surface area contributed by atoms with Gasteiger partial charge in [-0.2, -0.15) is 0 Å². The number of nitrogens with one attached hydrogen (secondary N) is 2. The zero-order chi connectivity index (χ0) is 16.3. The highest BCUT2D eigenvalue weighted by molar-refractivity contribution is 7.99. The minimum atomic E-state index is -0.362. The van der Waals surface area contributed by atoms with Gasteiger partial charge in [0.25, 0.3) is 5.56 Å². The summed E-state index contributed by atoms with van der Waals surface area (Å²) in [6.07, 6.45) is 0. The Morgan fingerprint density at radius 1 is 1.27 bits per heavy atom. The van der Waals surface area contributed by atoms with Gasteiger partial charge in [-0.05, 0) is 19.1 Å². The third-order valence-corrected chi connectivity index (χ3v) is 4.13. The van der Waals surface area contributed by atoms with Crippen LogP contribution in [0.1, 0.15) is 5.69 Å². The van der Waals surface area contributed by atoms with E-state index in [4.69, 9.17) is 34.8 Å². The maximum absolute atomic E-state index is 11.9. The van der Waals surface area contributed by atoms with E-state index in [0.29, 0.717) is 5.02 Å². The highest BCUT2D eigenvalue weighted by Crippen LogP contribution is 2.33.